The minimum atomic E-state index is -0.568. The summed E-state index contributed by atoms with van der Waals surface area (Å²) in [7, 11) is 0. The highest BCUT2D eigenvalue weighted by Gasteiger charge is 2.28. The summed E-state index contributed by atoms with van der Waals surface area (Å²) in [6.07, 6.45) is 0.970. The highest BCUT2D eigenvalue weighted by atomic mass is 79.9. The molecule has 3 nitrogen and oxygen atoms in total. The molecule has 140 valence electrons. The summed E-state index contributed by atoms with van der Waals surface area (Å²) >= 11 is 3.52. The minimum Gasteiger partial charge on any atom is -0.494 e. The molecule has 3 rings (SSSR count). The Kier molecular flexibility index (Phi) is 6.62. The lowest BCUT2D eigenvalue weighted by Crippen LogP contribution is -2.33. The molecule has 26 heavy (non-hydrogen) atoms. The fraction of sp³-hybridized carbons (Fsp3) is 0.400. The summed E-state index contributed by atoms with van der Waals surface area (Å²) in [5.41, 5.74) is 1.35. The number of nitrogens with one attached hydrogen (secondary N) is 1. The standard InChI is InChI=1S/C20H23BrF2N2O/c1-2-26-19-7-4-14(21)12-17(19)20(25-10-3-8-24-9-11-25)16-6-5-15(22)13-18(16)23/h4-7,12-13,20,24H,2-3,8-11H2,1H3. The zero-order chi connectivity index (χ0) is 18.5. The first-order valence-corrected chi connectivity index (χ1v) is 9.71. The highest BCUT2D eigenvalue weighted by Crippen LogP contribution is 2.38. The van der Waals surface area contributed by atoms with Crippen LogP contribution < -0.4 is 10.1 Å². The molecule has 1 saturated heterocycles. The molecule has 0 aromatic heterocycles. The lowest BCUT2D eigenvalue weighted by atomic mass is 9.95. The maximum atomic E-state index is 14.7. The van der Waals surface area contributed by atoms with Gasteiger partial charge >= 0.3 is 0 Å². The second-order valence-corrected chi connectivity index (χ2v) is 7.24. The molecule has 0 aliphatic carbocycles. The van der Waals surface area contributed by atoms with E-state index in [-0.39, 0.29) is 6.04 Å². The number of nitrogens with zero attached hydrogens (tertiary/aromatic N) is 1. The summed E-state index contributed by atoms with van der Waals surface area (Å²) in [6, 6.07) is 9.26. The molecule has 1 N–H and O–H groups in total. The Labute approximate surface area is 161 Å². The van der Waals surface area contributed by atoms with E-state index >= 15 is 0 Å². The maximum Gasteiger partial charge on any atom is 0.131 e. The van der Waals surface area contributed by atoms with Crippen LogP contribution in [0.3, 0.4) is 0 Å². The van der Waals surface area contributed by atoms with Gasteiger partial charge in [-0.05, 0) is 44.2 Å². The van der Waals surface area contributed by atoms with Gasteiger partial charge in [-0.3, -0.25) is 4.90 Å². The van der Waals surface area contributed by atoms with Crippen LogP contribution in [0.25, 0.3) is 0 Å². The first-order chi connectivity index (χ1) is 12.6. The third-order valence-electron chi connectivity index (χ3n) is 4.56. The van der Waals surface area contributed by atoms with Crippen LogP contribution in [0, 0.1) is 11.6 Å². The third-order valence-corrected chi connectivity index (χ3v) is 5.06. The molecule has 1 fully saturated rings. The van der Waals surface area contributed by atoms with Crippen LogP contribution in [0.4, 0.5) is 8.78 Å². The van der Waals surface area contributed by atoms with Crippen LogP contribution >= 0.6 is 15.9 Å². The van der Waals surface area contributed by atoms with Gasteiger partial charge in [0.25, 0.3) is 0 Å². The Morgan fingerprint density at radius 2 is 1.96 bits per heavy atom. The smallest absolute Gasteiger partial charge is 0.131 e. The summed E-state index contributed by atoms with van der Waals surface area (Å²) in [5.74, 6) is -0.377. The van der Waals surface area contributed by atoms with Gasteiger partial charge in [0.15, 0.2) is 0 Å². The molecule has 6 heteroatoms. The monoisotopic (exact) mass is 424 g/mol. The lowest BCUT2D eigenvalue weighted by molar-refractivity contribution is 0.229. The van der Waals surface area contributed by atoms with Gasteiger partial charge in [-0.15, -0.1) is 0 Å². The average Bonchev–Trinajstić information content (AvgIpc) is 2.89. The lowest BCUT2D eigenvalue weighted by Gasteiger charge is -2.32. The van der Waals surface area contributed by atoms with E-state index in [0.29, 0.717) is 12.2 Å². The Bertz CT molecular complexity index is 749. The average molecular weight is 425 g/mol. The van der Waals surface area contributed by atoms with E-state index in [1.165, 1.54) is 6.07 Å². The van der Waals surface area contributed by atoms with Gasteiger partial charge < -0.3 is 10.1 Å². The fourth-order valence-corrected chi connectivity index (χ4v) is 3.81. The van der Waals surface area contributed by atoms with E-state index in [9.17, 15) is 8.78 Å². The van der Waals surface area contributed by atoms with Crippen molar-refractivity contribution in [3.05, 3.63) is 63.6 Å². The van der Waals surface area contributed by atoms with E-state index in [1.807, 2.05) is 25.1 Å². The Balaban J connectivity index is 2.12. The van der Waals surface area contributed by atoms with Gasteiger partial charge in [-0.25, -0.2) is 8.78 Å². The summed E-state index contributed by atoms with van der Waals surface area (Å²) in [5, 5.41) is 3.37. The number of hydrogen-bond acceptors (Lipinski definition) is 3. The van der Waals surface area contributed by atoms with Gasteiger partial charge in [0.1, 0.15) is 17.4 Å². The van der Waals surface area contributed by atoms with Crippen molar-refractivity contribution in [2.75, 3.05) is 32.8 Å². The number of hydrogen-bond donors (Lipinski definition) is 1. The molecule has 0 saturated carbocycles. The minimum absolute atomic E-state index is 0.338. The van der Waals surface area contributed by atoms with Gasteiger partial charge in [0.2, 0.25) is 0 Å². The predicted octanol–water partition coefficient (Wildman–Crippen LogP) is 4.51. The van der Waals surface area contributed by atoms with Crippen molar-refractivity contribution >= 4 is 15.9 Å². The molecule has 0 radical (unpaired) electrons. The Morgan fingerprint density at radius 1 is 1.12 bits per heavy atom. The Hall–Kier alpha value is -1.50. The third kappa shape index (κ3) is 4.42. The quantitative estimate of drug-likeness (QED) is 0.763. The molecular formula is C20H23BrF2N2O. The summed E-state index contributed by atoms with van der Waals surface area (Å²) in [6.45, 7) is 5.82. The molecule has 2 aromatic rings. The zero-order valence-electron chi connectivity index (χ0n) is 14.8. The van der Waals surface area contributed by atoms with Gasteiger partial charge in [-0.1, -0.05) is 22.0 Å². The van der Waals surface area contributed by atoms with E-state index in [1.54, 1.807) is 6.07 Å². The maximum absolute atomic E-state index is 14.7. The number of benzene rings is 2. The fourth-order valence-electron chi connectivity index (χ4n) is 3.43. The SMILES string of the molecule is CCOc1ccc(Br)cc1C(c1ccc(F)cc1F)N1CCCNCC1. The van der Waals surface area contributed by atoms with Crippen LogP contribution in [-0.2, 0) is 0 Å². The van der Waals surface area contributed by atoms with Crippen molar-refractivity contribution < 1.29 is 13.5 Å². The van der Waals surface area contributed by atoms with E-state index < -0.39 is 11.6 Å². The van der Waals surface area contributed by atoms with Crippen LogP contribution in [0.15, 0.2) is 40.9 Å². The first-order valence-electron chi connectivity index (χ1n) is 8.92. The van der Waals surface area contributed by atoms with Gasteiger partial charge in [0, 0.05) is 41.3 Å². The molecule has 0 amide bonds. The van der Waals surface area contributed by atoms with E-state index in [2.05, 4.69) is 26.1 Å². The van der Waals surface area contributed by atoms with Crippen molar-refractivity contribution in [2.45, 2.75) is 19.4 Å². The highest BCUT2D eigenvalue weighted by molar-refractivity contribution is 9.10. The van der Waals surface area contributed by atoms with Crippen molar-refractivity contribution in [1.29, 1.82) is 0 Å². The molecule has 1 aliphatic heterocycles. The van der Waals surface area contributed by atoms with Crippen LogP contribution in [0.1, 0.15) is 30.5 Å². The largest absolute Gasteiger partial charge is 0.494 e. The summed E-state index contributed by atoms with van der Waals surface area (Å²) in [4.78, 5) is 2.24. The van der Waals surface area contributed by atoms with Crippen molar-refractivity contribution in [3.8, 4) is 5.75 Å². The van der Waals surface area contributed by atoms with Gasteiger partial charge in [0.05, 0.1) is 12.6 Å². The molecule has 2 aromatic carbocycles. The Morgan fingerprint density at radius 3 is 2.73 bits per heavy atom. The second kappa shape index (κ2) is 8.93. The van der Waals surface area contributed by atoms with Crippen molar-refractivity contribution in [3.63, 3.8) is 0 Å². The number of halogens is 3. The molecule has 1 atom stereocenters. The number of ether oxygens (including phenoxy) is 1. The molecule has 1 heterocycles. The number of rotatable bonds is 5. The predicted molar refractivity (Wildman–Crippen MR) is 103 cm³/mol. The second-order valence-electron chi connectivity index (χ2n) is 6.32. The van der Waals surface area contributed by atoms with Crippen molar-refractivity contribution in [2.24, 2.45) is 0 Å². The molecule has 1 aliphatic rings. The molecular weight excluding hydrogens is 402 g/mol. The van der Waals surface area contributed by atoms with Crippen LogP contribution in [0.2, 0.25) is 0 Å². The first kappa shape index (κ1) is 19.3. The normalized spacial score (nSPS) is 16.9. The molecule has 1 unspecified atom stereocenters. The topological polar surface area (TPSA) is 24.5 Å². The zero-order valence-corrected chi connectivity index (χ0v) is 16.4. The van der Waals surface area contributed by atoms with Gasteiger partial charge in [-0.2, -0.15) is 0 Å². The molecule has 0 spiro atoms. The van der Waals surface area contributed by atoms with Crippen LogP contribution in [0.5, 0.6) is 5.75 Å². The molecule has 0 bridgehead atoms. The van der Waals surface area contributed by atoms with Crippen LogP contribution in [-0.4, -0.2) is 37.7 Å². The van der Waals surface area contributed by atoms with Crippen molar-refractivity contribution in [1.82, 2.24) is 10.2 Å². The summed E-state index contributed by atoms with van der Waals surface area (Å²) < 4.78 is 34.9. The van der Waals surface area contributed by atoms with E-state index in [0.717, 1.165) is 54.5 Å². The van der Waals surface area contributed by atoms with E-state index in [4.69, 9.17) is 4.74 Å².